The molecule has 2 rings (SSSR count). The van der Waals surface area contributed by atoms with Crippen LogP contribution in [0.1, 0.15) is 35.7 Å². The summed E-state index contributed by atoms with van der Waals surface area (Å²) in [6.45, 7) is 2.17. The molecule has 0 saturated carbocycles. The number of carbonyl (C=O) groups is 1. The molecule has 0 spiro atoms. The molecule has 0 aliphatic rings. The van der Waals surface area contributed by atoms with E-state index in [1.807, 2.05) is 24.3 Å². The summed E-state index contributed by atoms with van der Waals surface area (Å²) in [5, 5.41) is 9.17. The maximum atomic E-state index is 10.8. The summed E-state index contributed by atoms with van der Waals surface area (Å²) < 4.78 is 5.68. The van der Waals surface area contributed by atoms with Gasteiger partial charge in [-0.2, -0.15) is 0 Å². The predicted molar refractivity (Wildman–Crippen MR) is 83.5 cm³/mol. The van der Waals surface area contributed by atoms with E-state index < -0.39 is 5.97 Å². The molecular formula is C17H17ClO3. The van der Waals surface area contributed by atoms with Crippen molar-refractivity contribution in [2.75, 3.05) is 0 Å². The van der Waals surface area contributed by atoms with Gasteiger partial charge in [0.05, 0.1) is 10.6 Å². The van der Waals surface area contributed by atoms with Gasteiger partial charge in [-0.3, -0.25) is 0 Å². The van der Waals surface area contributed by atoms with Crippen molar-refractivity contribution < 1.29 is 14.6 Å². The Bertz CT molecular complexity index is 620. The molecule has 0 aromatic heterocycles. The Balaban J connectivity index is 2.09. The number of aryl methyl sites for hydroxylation is 1. The fourth-order valence-electron chi connectivity index (χ4n) is 1.95. The van der Waals surface area contributed by atoms with Crippen molar-refractivity contribution in [2.24, 2.45) is 0 Å². The Hall–Kier alpha value is -2.00. The van der Waals surface area contributed by atoms with Crippen LogP contribution in [0.4, 0.5) is 0 Å². The summed E-state index contributed by atoms with van der Waals surface area (Å²) >= 11 is 6.03. The SMILES string of the molecule is CCCCc1ccc(Oc2ccc(C(=O)O)cc2Cl)cc1. The van der Waals surface area contributed by atoms with E-state index in [2.05, 4.69) is 6.92 Å². The third-order valence-electron chi connectivity index (χ3n) is 3.15. The molecule has 0 bridgehead atoms. The van der Waals surface area contributed by atoms with Crippen LogP contribution in [0.3, 0.4) is 0 Å². The highest BCUT2D eigenvalue weighted by atomic mass is 35.5. The predicted octanol–water partition coefficient (Wildman–Crippen LogP) is 5.17. The first-order chi connectivity index (χ1) is 10.1. The largest absolute Gasteiger partial charge is 0.478 e. The fourth-order valence-corrected chi connectivity index (χ4v) is 2.17. The van der Waals surface area contributed by atoms with E-state index in [1.54, 1.807) is 6.07 Å². The van der Waals surface area contributed by atoms with Gasteiger partial charge in [0, 0.05) is 0 Å². The van der Waals surface area contributed by atoms with E-state index >= 15 is 0 Å². The van der Waals surface area contributed by atoms with Gasteiger partial charge in [-0.1, -0.05) is 37.1 Å². The molecule has 4 heteroatoms. The number of aromatic carboxylic acids is 1. The number of hydrogen-bond donors (Lipinski definition) is 1. The summed E-state index contributed by atoms with van der Waals surface area (Å²) in [7, 11) is 0. The number of unbranched alkanes of at least 4 members (excludes halogenated alkanes) is 1. The second-order valence-electron chi connectivity index (χ2n) is 4.80. The molecule has 2 aromatic rings. The van der Waals surface area contributed by atoms with Gasteiger partial charge in [-0.15, -0.1) is 0 Å². The number of carboxylic acids is 1. The van der Waals surface area contributed by atoms with Gasteiger partial charge >= 0.3 is 5.97 Å². The lowest BCUT2D eigenvalue weighted by atomic mass is 10.1. The lowest BCUT2D eigenvalue weighted by Gasteiger charge is -2.09. The molecule has 0 saturated heterocycles. The minimum Gasteiger partial charge on any atom is -0.478 e. The zero-order valence-corrected chi connectivity index (χ0v) is 12.6. The van der Waals surface area contributed by atoms with Gasteiger partial charge < -0.3 is 9.84 Å². The van der Waals surface area contributed by atoms with E-state index in [0.29, 0.717) is 11.5 Å². The van der Waals surface area contributed by atoms with Crippen molar-refractivity contribution in [1.29, 1.82) is 0 Å². The number of benzene rings is 2. The Labute approximate surface area is 129 Å². The number of ether oxygens (including phenoxy) is 1. The molecule has 0 aliphatic heterocycles. The molecule has 0 aliphatic carbocycles. The minimum absolute atomic E-state index is 0.141. The van der Waals surface area contributed by atoms with Gasteiger partial charge in [0.2, 0.25) is 0 Å². The van der Waals surface area contributed by atoms with E-state index in [0.717, 1.165) is 6.42 Å². The zero-order chi connectivity index (χ0) is 15.2. The molecule has 0 atom stereocenters. The van der Waals surface area contributed by atoms with Crippen molar-refractivity contribution in [3.63, 3.8) is 0 Å². The number of halogens is 1. The molecule has 21 heavy (non-hydrogen) atoms. The van der Waals surface area contributed by atoms with Crippen molar-refractivity contribution in [3.8, 4) is 11.5 Å². The first-order valence-electron chi connectivity index (χ1n) is 6.90. The van der Waals surface area contributed by atoms with Crippen LogP contribution in [-0.4, -0.2) is 11.1 Å². The fraction of sp³-hybridized carbons (Fsp3) is 0.235. The smallest absolute Gasteiger partial charge is 0.335 e. The van der Waals surface area contributed by atoms with Gasteiger partial charge in [0.1, 0.15) is 11.5 Å². The van der Waals surface area contributed by atoms with Gasteiger partial charge in [-0.05, 0) is 48.7 Å². The van der Waals surface area contributed by atoms with Crippen LogP contribution in [0.25, 0.3) is 0 Å². The number of carboxylic acid groups (broad SMARTS) is 1. The Morgan fingerprint density at radius 3 is 2.48 bits per heavy atom. The van der Waals surface area contributed by atoms with Gasteiger partial charge in [0.25, 0.3) is 0 Å². The summed E-state index contributed by atoms with van der Waals surface area (Å²) in [6.07, 6.45) is 3.40. The van der Waals surface area contributed by atoms with Crippen LogP contribution in [0.15, 0.2) is 42.5 Å². The Morgan fingerprint density at radius 1 is 1.19 bits per heavy atom. The zero-order valence-electron chi connectivity index (χ0n) is 11.8. The summed E-state index contributed by atoms with van der Waals surface area (Å²) in [4.78, 5) is 10.8. The van der Waals surface area contributed by atoms with Gasteiger partial charge in [0.15, 0.2) is 0 Å². The van der Waals surface area contributed by atoms with Crippen molar-refractivity contribution >= 4 is 17.6 Å². The average molecular weight is 305 g/mol. The van der Waals surface area contributed by atoms with Crippen LogP contribution in [0.2, 0.25) is 5.02 Å². The van der Waals surface area contributed by atoms with Crippen molar-refractivity contribution in [1.82, 2.24) is 0 Å². The highest BCUT2D eigenvalue weighted by molar-refractivity contribution is 6.32. The molecular weight excluding hydrogens is 288 g/mol. The quantitative estimate of drug-likeness (QED) is 0.800. The van der Waals surface area contributed by atoms with E-state index in [-0.39, 0.29) is 10.6 Å². The second-order valence-corrected chi connectivity index (χ2v) is 5.21. The van der Waals surface area contributed by atoms with Crippen LogP contribution in [-0.2, 0) is 6.42 Å². The van der Waals surface area contributed by atoms with Crippen LogP contribution >= 0.6 is 11.6 Å². The van der Waals surface area contributed by atoms with Gasteiger partial charge in [-0.25, -0.2) is 4.79 Å². The monoisotopic (exact) mass is 304 g/mol. The lowest BCUT2D eigenvalue weighted by molar-refractivity contribution is 0.0697. The maximum Gasteiger partial charge on any atom is 0.335 e. The molecule has 2 aromatic carbocycles. The molecule has 3 nitrogen and oxygen atoms in total. The summed E-state index contributed by atoms with van der Waals surface area (Å²) in [5.41, 5.74) is 1.42. The average Bonchev–Trinajstić information content (AvgIpc) is 2.48. The van der Waals surface area contributed by atoms with Crippen LogP contribution in [0, 0.1) is 0 Å². The summed E-state index contributed by atoms with van der Waals surface area (Å²) in [6, 6.07) is 12.3. The number of rotatable bonds is 6. The van der Waals surface area contributed by atoms with Crippen molar-refractivity contribution in [2.45, 2.75) is 26.2 Å². The first-order valence-corrected chi connectivity index (χ1v) is 7.27. The minimum atomic E-state index is -1.01. The molecule has 1 N–H and O–H groups in total. The van der Waals surface area contributed by atoms with Crippen LogP contribution in [0.5, 0.6) is 11.5 Å². The molecule has 110 valence electrons. The third kappa shape index (κ3) is 4.23. The standard InChI is InChI=1S/C17H17ClO3/c1-2-3-4-12-5-8-14(9-6-12)21-16-10-7-13(17(19)20)11-15(16)18/h5-11H,2-4H2,1H3,(H,19,20). The number of hydrogen-bond acceptors (Lipinski definition) is 2. The molecule has 0 amide bonds. The second kappa shape index (κ2) is 7.14. The lowest BCUT2D eigenvalue weighted by Crippen LogP contribution is -1.96. The highest BCUT2D eigenvalue weighted by Gasteiger charge is 2.08. The highest BCUT2D eigenvalue weighted by Crippen LogP contribution is 2.30. The molecule has 0 radical (unpaired) electrons. The van der Waals surface area contributed by atoms with E-state index in [9.17, 15) is 4.79 Å². The van der Waals surface area contributed by atoms with Crippen molar-refractivity contribution in [3.05, 3.63) is 58.6 Å². The Kier molecular flexibility index (Phi) is 5.23. The first kappa shape index (κ1) is 15.4. The normalized spacial score (nSPS) is 10.4. The van der Waals surface area contributed by atoms with Crippen LogP contribution < -0.4 is 4.74 Å². The third-order valence-corrected chi connectivity index (χ3v) is 3.44. The summed E-state index contributed by atoms with van der Waals surface area (Å²) in [5.74, 6) is 0.118. The Morgan fingerprint density at radius 2 is 1.90 bits per heavy atom. The maximum absolute atomic E-state index is 10.8. The van der Waals surface area contributed by atoms with E-state index in [1.165, 1.54) is 30.5 Å². The van der Waals surface area contributed by atoms with E-state index in [4.69, 9.17) is 21.4 Å². The molecule has 0 unspecified atom stereocenters. The molecule has 0 heterocycles. The molecule has 0 fully saturated rings. The topological polar surface area (TPSA) is 46.5 Å².